The molecule has 1 nitrogen and oxygen atoms in total. The summed E-state index contributed by atoms with van der Waals surface area (Å²) < 4.78 is 12.5. The number of hydrogen-bond donors (Lipinski definition) is 0. The minimum absolute atomic E-state index is 0.710. The minimum atomic E-state index is -2.24. The van der Waals surface area contributed by atoms with Crippen LogP contribution in [-0.2, 0) is 4.43 Å². The molecule has 0 rings (SSSR count). The van der Waals surface area contributed by atoms with Gasteiger partial charge in [-0.05, 0) is 0 Å². The molecule has 3 heteroatoms. The van der Waals surface area contributed by atoms with Gasteiger partial charge in [-0.1, -0.05) is 0 Å². The first-order chi connectivity index (χ1) is 11.3. The van der Waals surface area contributed by atoms with E-state index < -0.39 is 26.7 Å². The van der Waals surface area contributed by atoms with Gasteiger partial charge in [0.05, 0.1) is 0 Å². The maximum absolute atomic E-state index is 6.97. The van der Waals surface area contributed by atoms with Crippen molar-refractivity contribution in [3.8, 4) is 0 Å². The summed E-state index contributed by atoms with van der Waals surface area (Å²) in [7, 11) is -1.46. The van der Waals surface area contributed by atoms with Crippen LogP contribution in [0.15, 0.2) is 0 Å². The normalized spacial score (nSPS) is 14.1. The fourth-order valence-electron chi connectivity index (χ4n) is 3.94. The Morgan fingerprint density at radius 3 is 1.42 bits per heavy atom. The monoisotopic (exact) mass is 464 g/mol. The Labute approximate surface area is 159 Å². The zero-order chi connectivity index (χ0) is 18.5. The van der Waals surface area contributed by atoms with Crippen molar-refractivity contribution in [2.24, 2.45) is 0 Å². The van der Waals surface area contributed by atoms with Crippen LogP contribution >= 0.6 is 0 Å². The van der Waals surface area contributed by atoms with E-state index in [0.29, 0.717) is 4.12 Å². The number of unbranched alkanes of at least 4 members (excludes halogenated alkanes) is 5. The molecule has 0 aliphatic carbocycles. The second-order valence-corrected chi connectivity index (χ2v) is 27.2. The maximum atomic E-state index is 6.97. The molecule has 0 N–H and O–H groups in total. The molecule has 0 saturated carbocycles. The molecule has 146 valence electrons. The molecule has 1 unspecified atom stereocenters. The third-order valence-corrected chi connectivity index (χ3v) is 23.6. The molecule has 0 aromatic rings. The molecule has 24 heavy (non-hydrogen) atoms. The summed E-state index contributed by atoms with van der Waals surface area (Å²) in [6.07, 6.45) is 14.0. The second-order valence-electron chi connectivity index (χ2n) is 8.89. The molecule has 0 aromatic heterocycles. The summed E-state index contributed by atoms with van der Waals surface area (Å²) in [6.45, 7) is 16.7. The van der Waals surface area contributed by atoms with E-state index in [1.54, 1.807) is 13.3 Å². The third kappa shape index (κ3) is 10.9. The average molecular weight is 463 g/mol. The average Bonchev–Trinajstić information content (AvgIpc) is 2.53. The van der Waals surface area contributed by atoms with Crippen molar-refractivity contribution < 1.29 is 4.43 Å². The molecule has 0 amide bonds. The molecule has 1 atom stereocenters. The zero-order valence-electron chi connectivity index (χ0n) is 18.2. The first kappa shape index (κ1) is 25.0. The van der Waals surface area contributed by atoms with Crippen molar-refractivity contribution in [2.45, 2.75) is 129 Å². The van der Waals surface area contributed by atoms with Crippen molar-refractivity contribution in [1.29, 1.82) is 0 Å². The van der Waals surface area contributed by atoms with Crippen LogP contribution in [0.1, 0.15) is 91.9 Å². The van der Waals surface area contributed by atoms with Crippen molar-refractivity contribution in [2.75, 3.05) is 0 Å². The molecule has 0 saturated heterocycles. The number of rotatable bonds is 16. The quantitative estimate of drug-likeness (QED) is 0.166. The van der Waals surface area contributed by atoms with Gasteiger partial charge in [0, 0.05) is 0 Å². The number of hydrogen-bond acceptors (Lipinski definition) is 1. The van der Waals surface area contributed by atoms with E-state index >= 15 is 0 Å². The predicted octanol–water partition coefficient (Wildman–Crippen LogP) is 8.18. The second kappa shape index (κ2) is 14.1. The first-order valence-corrected chi connectivity index (χ1v) is 22.1. The summed E-state index contributed by atoms with van der Waals surface area (Å²) in [5.74, 6) is 0. The van der Waals surface area contributed by atoms with Crippen LogP contribution in [0.2, 0.25) is 33.0 Å². The molecular weight excluding hydrogens is 415 g/mol. The van der Waals surface area contributed by atoms with Crippen molar-refractivity contribution >= 4 is 26.7 Å². The van der Waals surface area contributed by atoms with Crippen LogP contribution in [0.5, 0.6) is 0 Å². The van der Waals surface area contributed by atoms with Gasteiger partial charge in [0.1, 0.15) is 0 Å². The zero-order valence-corrected chi connectivity index (χ0v) is 22.0. The summed E-state index contributed by atoms with van der Waals surface area (Å²) in [4.78, 5) is 0. The van der Waals surface area contributed by atoms with Gasteiger partial charge in [-0.15, -0.1) is 0 Å². The van der Waals surface area contributed by atoms with E-state index in [1.807, 2.05) is 0 Å². The van der Waals surface area contributed by atoms with Crippen LogP contribution in [0.4, 0.5) is 0 Å². The van der Waals surface area contributed by atoms with E-state index in [1.165, 1.54) is 64.2 Å². The van der Waals surface area contributed by atoms with E-state index in [-0.39, 0.29) is 0 Å². The van der Waals surface area contributed by atoms with E-state index in [0.717, 1.165) is 0 Å². The summed E-state index contributed by atoms with van der Waals surface area (Å²) in [5, 5.41) is 0. The standard InChI is InChI=1S/C9H21OSi.3C4H9.Sn/c1-5-6-7-8-9-10-11(2,3)4;3*1-3-4-2;/h9H,5-8H2,1-4H3;3*1,3-4H2,2H3;. The Bertz CT molecular complexity index is 266. The molecule has 0 bridgehead atoms. The van der Waals surface area contributed by atoms with Crippen LogP contribution in [-0.4, -0.2) is 30.8 Å². The van der Waals surface area contributed by atoms with Gasteiger partial charge in [0.15, 0.2) is 0 Å². The molecule has 0 heterocycles. The summed E-state index contributed by atoms with van der Waals surface area (Å²) >= 11 is -2.24. The van der Waals surface area contributed by atoms with Gasteiger partial charge in [0.25, 0.3) is 0 Å². The Morgan fingerprint density at radius 1 is 0.667 bits per heavy atom. The van der Waals surface area contributed by atoms with Crippen molar-refractivity contribution in [1.82, 2.24) is 0 Å². The van der Waals surface area contributed by atoms with Crippen LogP contribution in [0.25, 0.3) is 0 Å². The van der Waals surface area contributed by atoms with Gasteiger partial charge >= 0.3 is 160 Å². The first-order valence-electron chi connectivity index (χ1n) is 11.0. The van der Waals surface area contributed by atoms with E-state index in [9.17, 15) is 0 Å². The van der Waals surface area contributed by atoms with Gasteiger partial charge < -0.3 is 0 Å². The molecule has 0 aromatic carbocycles. The molecule has 0 radical (unpaired) electrons. The molecule has 0 aliphatic heterocycles. The van der Waals surface area contributed by atoms with Crippen molar-refractivity contribution in [3.63, 3.8) is 0 Å². The van der Waals surface area contributed by atoms with E-state index in [2.05, 4.69) is 47.3 Å². The van der Waals surface area contributed by atoms with Gasteiger partial charge in [0.2, 0.25) is 0 Å². The molecule has 0 aliphatic rings. The Balaban J connectivity index is 5.40. The van der Waals surface area contributed by atoms with Gasteiger partial charge in [-0.3, -0.25) is 0 Å². The summed E-state index contributed by atoms with van der Waals surface area (Å²) in [6, 6.07) is 0. The van der Waals surface area contributed by atoms with Crippen LogP contribution in [0.3, 0.4) is 0 Å². The predicted molar refractivity (Wildman–Crippen MR) is 117 cm³/mol. The SMILES string of the molecule is CCCCC[CH](O[Si](C)(C)C)[Sn]([CH2]CCC)([CH2]CCC)[CH2]CCC. The summed E-state index contributed by atoms with van der Waals surface area (Å²) in [5.41, 5.74) is 0. The van der Waals surface area contributed by atoms with E-state index in [4.69, 9.17) is 4.43 Å². The fraction of sp³-hybridized carbons (Fsp3) is 1.00. The van der Waals surface area contributed by atoms with Crippen LogP contribution < -0.4 is 0 Å². The third-order valence-electron chi connectivity index (χ3n) is 5.33. The Kier molecular flexibility index (Phi) is 14.7. The fourth-order valence-corrected chi connectivity index (χ4v) is 26.6. The van der Waals surface area contributed by atoms with Gasteiger partial charge in [-0.25, -0.2) is 0 Å². The van der Waals surface area contributed by atoms with Crippen LogP contribution in [0, 0.1) is 0 Å². The molecule has 0 fully saturated rings. The van der Waals surface area contributed by atoms with Crippen molar-refractivity contribution in [3.05, 3.63) is 0 Å². The topological polar surface area (TPSA) is 9.23 Å². The molecular formula is C21H48OSiSn. The van der Waals surface area contributed by atoms with Gasteiger partial charge in [-0.2, -0.15) is 0 Å². The molecule has 0 spiro atoms. The Morgan fingerprint density at radius 2 is 1.08 bits per heavy atom. The Hall–Kier alpha value is 0.976.